The van der Waals surface area contributed by atoms with Crippen LogP contribution in [-0.4, -0.2) is 32.0 Å². The lowest BCUT2D eigenvalue weighted by Crippen LogP contribution is -2.22. The zero-order valence-corrected chi connectivity index (χ0v) is 20.6. The minimum Gasteiger partial charge on any atom is -0.507 e. The Hall–Kier alpha value is -4.98. The van der Waals surface area contributed by atoms with Crippen molar-refractivity contribution in [2.75, 3.05) is 0 Å². The van der Waals surface area contributed by atoms with Gasteiger partial charge in [0.2, 0.25) is 11.6 Å². The van der Waals surface area contributed by atoms with E-state index < -0.39 is 56.8 Å². The molecule has 0 fully saturated rings. The average Bonchev–Trinajstić information content (AvgIpc) is 2.91. The van der Waals surface area contributed by atoms with Crippen molar-refractivity contribution in [3.8, 4) is 46.0 Å². The number of ketones is 2. The minimum absolute atomic E-state index is 0.255. The van der Waals surface area contributed by atoms with Gasteiger partial charge in [0, 0.05) is 12.1 Å². The Balaban J connectivity index is 1.57. The summed E-state index contributed by atoms with van der Waals surface area (Å²) in [5.41, 5.74) is -0.00393. The van der Waals surface area contributed by atoms with Crippen LogP contribution in [-0.2, 0) is 12.8 Å². The monoisotopic (exact) mass is 512 g/mol. The fourth-order valence-electron chi connectivity index (χ4n) is 4.42. The molecule has 0 unspecified atom stereocenters. The number of hydrogen-bond donors (Lipinski definition) is 4. The van der Waals surface area contributed by atoms with E-state index in [1.165, 1.54) is 0 Å². The van der Waals surface area contributed by atoms with Crippen molar-refractivity contribution in [1.29, 1.82) is 0 Å². The van der Waals surface area contributed by atoms with Crippen LogP contribution >= 0.6 is 0 Å². The van der Waals surface area contributed by atoms with Crippen molar-refractivity contribution in [3.63, 3.8) is 0 Å². The molecule has 0 heterocycles. The number of hydrogen-bond acceptors (Lipinski definition) is 8. The van der Waals surface area contributed by atoms with Gasteiger partial charge in [-0.25, -0.2) is 0 Å². The molecular formula is C30H24O8. The molecule has 0 saturated heterocycles. The van der Waals surface area contributed by atoms with E-state index in [-0.39, 0.29) is 11.5 Å². The van der Waals surface area contributed by atoms with Gasteiger partial charge >= 0.3 is 0 Å². The highest BCUT2D eigenvalue weighted by Gasteiger charge is 2.41. The van der Waals surface area contributed by atoms with Crippen molar-refractivity contribution in [2.24, 2.45) is 0 Å². The quantitative estimate of drug-likeness (QED) is 0.204. The zero-order chi connectivity index (χ0) is 27.1. The summed E-state index contributed by atoms with van der Waals surface area (Å²) in [4.78, 5) is 26.9. The van der Waals surface area contributed by atoms with Gasteiger partial charge in [-0.1, -0.05) is 38.1 Å². The van der Waals surface area contributed by atoms with Crippen molar-refractivity contribution in [3.05, 3.63) is 94.0 Å². The van der Waals surface area contributed by atoms with Crippen LogP contribution in [0.5, 0.6) is 46.0 Å². The number of aromatic hydroxyl groups is 4. The molecule has 0 aliphatic heterocycles. The van der Waals surface area contributed by atoms with Crippen molar-refractivity contribution in [1.82, 2.24) is 0 Å². The van der Waals surface area contributed by atoms with E-state index in [2.05, 4.69) is 0 Å². The molecule has 8 heteroatoms. The fourth-order valence-corrected chi connectivity index (χ4v) is 4.42. The predicted molar refractivity (Wildman–Crippen MR) is 138 cm³/mol. The summed E-state index contributed by atoms with van der Waals surface area (Å²) in [6.45, 7) is 3.99. The number of aryl methyl sites for hydroxylation is 2. The molecular weight excluding hydrogens is 488 g/mol. The van der Waals surface area contributed by atoms with E-state index in [9.17, 15) is 30.0 Å². The second-order valence-corrected chi connectivity index (χ2v) is 8.84. The van der Waals surface area contributed by atoms with Crippen LogP contribution in [0, 0.1) is 0 Å². The van der Waals surface area contributed by atoms with Gasteiger partial charge in [-0.2, -0.15) is 0 Å². The molecule has 8 nitrogen and oxygen atoms in total. The highest BCUT2D eigenvalue weighted by Crippen LogP contribution is 2.50. The normalized spacial score (nSPS) is 12.2. The van der Waals surface area contributed by atoms with Crippen LogP contribution in [0.1, 0.15) is 56.8 Å². The standard InChI is InChI=1S/C30H24O8/c1-3-15-5-9-17(10-6-15)37-21-13-19(31)23-25(27(21)33)29(35)24-20(32)14-22(28(34)26(24)30(23)36)38-18-11-7-16(4-2)8-12-18/h5-14,31-34H,3-4H2,1-2H3. The first kappa shape index (κ1) is 24.7. The molecule has 0 aromatic heterocycles. The number of fused-ring (bicyclic) bond motifs is 2. The molecule has 0 bridgehead atoms. The van der Waals surface area contributed by atoms with Crippen LogP contribution in [0.25, 0.3) is 0 Å². The van der Waals surface area contributed by atoms with E-state index in [4.69, 9.17) is 9.47 Å². The van der Waals surface area contributed by atoms with E-state index in [1.54, 1.807) is 24.3 Å². The Labute approximate surface area is 218 Å². The molecule has 0 saturated carbocycles. The second kappa shape index (κ2) is 9.48. The number of carbonyl (C=O) groups is 2. The molecule has 5 rings (SSSR count). The average molecular weight is 513 g/mol. The maximum atomic E-state index is 13.4. The van der Waals surface area contributed by atoms with Crippen molar-refractivity contribution >= 4 is 11.6 Å². The summed E-state index contributed by atoms with van der Waals surface area (Å²) in [5, 5.41) is 43.2. The molecule has 4 N–H and O–H groups in total. The molecule has 1 aliphatic rings. The molecule has 1 aliphatic carbocycles. The van der Waals surface area contributed by atoms with Gasteiger partial charge in [0.05, 0.1) is 22.3 Å². The van der Waals surface area contributed by atoms with Crippen molar-refractivity contribution in [2.45, 2.75) is 26.7 Å². The highest BCUT2D eigenvalue weighted by molar-refractivity contribution is 6.32. The summed E-state index contributed by atoms with van der Waals surface area (Å²) < 4.78 is 11.4. The van der Waals surface area contributed by atoms with Gasteiger partial charge < -0.3 is 29.9 Å². The molecule has 4 aromatic carbocycles. The molecule has 192 valence electrons. The number of carbonyl (C=O) groups excluding carboxylic acids is 2. The van der Waals surface area contributed by atoms with Crippen LogP contribution in [0.2, 0.25) is 0 Å². The smallest absolute Gasteiger partial charge is 0.202 e. The SMILES string of the molecule is CCc1ccc(Oc2cc(O)c3c(c2O)C(=O)c2c(O)cc(Oc4ccc(CC)cc4)c(O)c2C3=O)cc1. The molecule has 4 aromatic rings. The largest absolute Gasteiger partial charge is 0.507 e. The Bertz CT molecular complexity index is 1460. The van der Waals surface area contributed by atoms with Gasteiger partial charge in [-0.15, -0.1) is 0 Å². The van der Waals surface area contributed by atoms with Gasteiger partial charge in [-0.05, 0) is 48.2 Å². The molecule has 0 atom stereocenters. The molecule has 0 radical (unpaired) electrons. The summed E-state index contributed by atoms with van der Waals surface area (Å²) in [6, 6.07) is 16.0. The highest BCUT2D eigenvalue weighted by atomic mass is 16.5. The fraction of sp³-hybridized carbons (Fsp3) is 0.133. The van der Waals surface area contributed by atoms with Gasteiger partial charge in [0.15, 0.2) is 23.0 Å². The molecule has 0 amide bonds. The Kier molecular flexibility index (Phi) is 6.16. The van der Waals surface area contributed by atoms with Crippen LogP contribution < -0.4 is 9.47 Å². The lowest BCUT2D eigenvalue weighted by atomic mass is 9.81. The van der Waals surface area contributed by atoms with E-state index >= 15 is 0 Å². The van der Waals surface area contributed by atoms with Crippen molar-refractivity contribution < 1.29 is 39.5 Å². The number of phenolic OH excluding ortho intramolecular Hbond substituents is 4. The summed E-state index contributed by atoms with van der Waals surface area (Å²) in [6.07, 6.45) is 1.63. The molecule has 0 spiro atoms. The van der Waals surface area contributed by atoms with Crippen LogP contribution in [0.4, 0.5) is 0 Å². The maximum absolute atomic E-state index is 13.4. The second-order valence-electron chi connectivity index (χ2n) is 8.84. The third-order valence-electron chi connectivity index (χ3n) is 6.52. The number of ether oxygens (including phenoxy) is 2. The van der Waals surface area contributed by atoms with E-state index in [0.29, 0.717) is 11.5 Å². The Morgan fingerprint density at radius 3 is 1.21 bits per heavy atom. The van der Waals surface area contributed by atoms with Crippen LogP contribution in [0.3, 0.4) is 0 Å². The number of benzene rings is 4. The summed E-state index contributed by atoms with van der Waals surface area (Å²) in [7, 11) is 0. The third kappa shape index (κ3) is 4.06. The lowest BCUT2D eigenvalue weighted by molar-refractivity contribution is 0.0968. The van der Waals surface area contributed by atoms with Gasteiger partial charge in [0.25, 0.3) is 0 Å². The maximum Gasteiger partial charge on any atom is 0.202 e. The first-order chi connectivity index (χ1) is 18.2. The first-order valence-electron chi connectivity index (χ1n) is 12.0. The van der Waals surface area contributed by atoms with Gasteiger partial charge in [-0.3, -0.25) is 9.59 Å². The predicted octanol–water partition coefficient (Wildman–Crippen LogP) is 5.99. The third-order valence-corrected chi connectivity index (χ3v) is 6.52. The Morgan fingerprint density at radius 1 is 0.553 bits per heavy atom. The van der Waals surface area contributed by atoms with E-state index in [1.807, 2.05) is 38.1 Å². The summed E-state index contributed by atoms with van der Waals surface area (Å²) in [5.74, 6) is -4.43. The van der Waals surface area contributed by atoms with Gasteiger partial charge in [0.1, 0.15) is 23.0 Å². The topological polar surface area (TPSA) is 134 Å². The number of rotatable bonds is 6. The summed E-state index contributed by atoms with van der Waals surface area (Å²) >= 11 is 0. The lowest BCUT2D eigenvalue weighted by Gasteiger charge is -2.23. The first-order valence-corrected chi connectivity index (χ1v) is 12.0. The minimum atomic E-state index is -0.971. The zero-order valence-electron chi connectivity index (χ0n) is 20.6. The van der Waals surface area contributed by atoms with Crippen LogP contribution in [0.15, 0.2) is 60.7 Å². The number of phenols is 4. The van der Waals surface area contributed by atoms with E-state index in [0.717, 1.165) is 36.1 Å². The Morgan fingerprint density at radius 2 is 0.895 bits per heavy atom. The molecule has 38 heavy (non-hydrogen) atoms.